The van der Waals surface area contributed by atoms with Crippen LogP contribution in [0.5, 0.6) is 0 Å². The summed E-state index contributed by atoms with van der Waals surface area (Å²) in [6.07, 6.45) is -0.294. The van der Waals surface area contributed by atoms with E-state index in [0.29, 0.717) is 0 Å². The normalized spacial score (nSPS) is 15.2. The van der Waals surface area contributed by atoms with E-state index in [0.717, 1.165) is 16.5 Å². The van der Waals surface area contributed by atoms with E-state index in [1.807, 2.05) is 29.6 Å². The van der Waals surface area contributed by atoms with Crippen LogP contribution in [0, 0.1) is 0 Å². The maximum Gasteiger partial charge on any atom is 0.326 e. The van der Waals surface area contributed by atoms with Gasteiger partial charge in [0, 0.05) is 17.1 Å². The minimum atomic E-state index is -1.68. The van der Waals surface area contributed by atoms with Gasteiger partial charge in [-0.25, -0.2) is 4.79 Å². The summed E-state index contributed by atoms with van der Waals surface area (Å²) in [6, 6.07) is 1.44. The lowest BCUT2D eigenvalue weighted by atomic mass is 10.0. The highest BCUT2D eigenvalue weighted by Crippen LogP contribution is 2.18. The van der Waals surface area contributed by atoms with Gasteiger partial charge in [-0.1, -0.05) is 18.2 Å². The molecule has 1 heterocycles. The number of nitrogens with two attached hydrogens (primary N) is 2. The van der Waals surface area contributed by atoms with E-state index in [-0.39, 0.29) is 6.42 Å². The van der Waals surface area contributed by atoms with Crippen molar-refractivity contribution in [3.63, 3.8) is 0 Å². The predicted molar refractivity (Wildman–Crippen MR) is 126 cm³/mol. The second-order valence-electron chi connectivity index (χ2n) is 8.21. The molecule has 0 aliphatic carbocycles. The van der Waals surface area contributed by atoms with Crippen molar-refractivity contribution in [2.75, 3.05) is 6.61 Å². The fourth-order valence-electron chi connectivity index (χ4n) is 3.42. The highest BCUT2D eigenvalue weighted by atomic mass is 16.4. The zero-order valence-electron chi connectivity index (χ0n) is 19.4. The molecule has 4 amide bonds. The molecule has 5 unspecified atom stereocenters. The van der Waals surface area contributed by atoms with Gasteiger partial charge >= 0.3 is 5.97 Å². The summed E-state index contributed by atoms with van der Waals surface area (Å²) in [4.78, 5) is 63.0. The molecule has 0 fully saturated rings. The molecule has 0 aliphatic rings. The SMILES string of the molecule is CC(O)C(NC(=O)C(N)Cc1c[nH]c2ccccc12)C(=O)NC(CO)C(=O)NC(CC(N)=O)C(=O)O. The summed E-state index contributed by atoms with van der Waals surface area (Å²) < 4.78 is 0. The molecule has 14 nitrogen and oxygen atoms in total. The molecule has 11 N–H and O–H groups in total. The zero-order valence-corrected chi connectivity index (χ0v) is 19.4. The lowest BCUT2D eigenvalue weighted by Crippen LogP contribution is -2.60. The quantitative estimate of drug-likeness (QED) is 0.133. The van der Waals surface area contributed by atoms with Crippen molar-refractivity contribution in [3.05, 3.63) is 36.0 Å². The number of para-hydroxylation sites is 1. The van der Waals surface area contributed by atoms with Crippen molar-refractivity contribution in [2.24, 2.45) is 11.5 Å². The van der Waals surface area contributed by atoms with Crippen LogP contribution < -0.4 is 27.4 Å². The first kappa shape index (κ1) is 28.2. The Kier molecular flexibility index (Phi) is 9.90. The maximum atomic E-state index is 12.7. The fraction of sp³-hybridized carbons (Fsp3) is 0.409. The highest BCUT2D eigenvalue weighted by Gasteiger charge is 2.32. The first-order chi connectivity index (χ1) is 16.9. The molecule has 2 aromatic rings. The number of carboxylic acid groups (broad SMARTS) is 1. The monoisotopic (exact) mass is 506 g/mol. The summed E-state index contributed by atoms with van der Waals surface area (Å²) in [6.45, 7) is 0.276. The Bertz CT molecular complexity index is 1120. The number of aromatic amines is 1. The van der Waals surface area contributed by atoms with E-state index in [4.69, 9.17) is 16.6 Å². The molecule has 0 saturated heterocycles. The summed E-state index contributed by atoms with van der Waals surface area (Å²) >= 11 is 0. The number of benzene rings is 1. The standard InChI is InChI=1S/C22H30N6O8/c1-10(30)18(21(34)27-16(9-29)20(33)26-15(22(35)36)7-17(24)31)28-19(32)13(23)6-11-8-25-14-5-3-2-4-12(11)14/h2-5,8,10,13,15-16,18,25,29-30H,6-7,9,23H2,1H3,(H2,24,31)(H,26,33)(H,27,34)(H,28,32)(H,35,36). The Morgan fingerprint density at radius 1 is 1.00 bits per heavy atom. The van der Waals surface area contributed by atoms with Gasteiger partial charge in [-0.15, -0.1) is 0 Å². The Labute approximate surface area is 205 Å². The van der Waals surface area contributed by atoms with Crippen LogP contribution >= 0.6 is 0 Å². The number of carboxylic acids is 1. The van der Waals surface area contributed by atoms with Gasteiger partial charge in [0.2, 0.25) is 23.6 Å². The number of aliphatic hydroxyl groups is 2. The molecule has 14 heteroatoms. The van der Waals surface area contributed by atoms with Gasteiger partial charge < -0.3 is 47.7 Å². The molecule has 196 valence electrons. The van der Waals surface area contributed by atoms with Crippen LogP contribution in [0.1, 0.15) is 18.9 Å². The number of H-pyrrole nitrogens is 1. The van der Waals surface area contributed by atoms with E-state index >= 15 is 0 Å². The minimum absolute atomic E-state index is 0.127. The van der Waals surface area contributed by atoms with Crippen LogP contribution in [-0.2, 0) is 30.4 Å². The number of hydrogen-bond acceptors (Lipinski definition) is 8. The first-order valence-corrected chi connectivity index (χ1v) is 11.0. The zero-order chi connectivity index (χ0) is 27.0. The Morgan fingerprint density at radius 3 is 2.22 bits per heavy atom. The van der Waals surface area contributed by atoms with Crippen LogP contribution in [0.2, 0.25) is 0 Å². The third kappa shape index (κ3) is 7.49. The third-order valence-corrected chi connectivity index (χ3v) is 5.35. The van der Waals surface area contributed by atoms with Crippen molar-refractivity contribution in [1.82, 2.24) is 20.9 Å². The number of fused-ring (bicyclic) bond motifs is 1. The number of primary amides is 1. The predicted octanol–water partition coefficient (Wildman–Crippen LogP) is -3.17. The number of aliphatic carboxylic acids is 1. The number of rotatable bonds is 13. The maximum absolute atomic E-state index is 12.7. The van der Waals surface area contributed by atoms with Gasteiger partial charge in [0.15, 0.2) is 0 Å². The van der Waals surface area contributed by atoms with Gasteiger partial charge in [0.05, 0.1) is 25.2 Å². The van der Waals surface area contributed by atoms with E-state index in [2.05, 4.69) is 15.6 Å². The van der Waals surface area contributed by atoms with Gasteiger partial charge in [0.25, 0.3) is 0 Å². The topological polar surface area (TPSA) is 250 Å². The Balaban J connectivity index is 2.04. The molecule has 1 aromatic heterocycles. The van der Waals surface area contributed by atoms with E-state index < -0.39 is 72.9 Å². The minimum Gasteiger partial charge on any atom is -0.480 e. The van der Waals surface area contributed by atoms with Crippen molar-refractivity contribution in [3.8, 4) is 0 Å². The molecule has 0 saturated carbocycles. The highest BCUT2D eigenvalue weighted by molar-refractivity contribution is 5.95. The van der Waals surface area contributed by atoms with Gasteiger partial charge in [-0.3, -0.25) is 19.2 Å². The Hall–Kier alpha value is -4.01. The van der Waals surface area contributed by atoms with Crippen LogP contribution in [-0.4, -0.2) is 86.8 Å². The molecular formula is C22H30N6O8. The van der Waals surface area contributed by atoms with Crippen molar-refractivity contribution < 1.29 is 39.3 Å². The van der Waals surface area contributed by atoms with E-state index in [9.17, 15) is 34.2 Å². The van der Waals surface area contributed by atoms with Crippen LogP contribution in [0.4, 0.5) is 0 Å². The van der Waals surface area contributed by atoms with Crippen LogP contribution in [0.25, 0.3) is 10.9 Å². The number of aromatic nitrogens is 1. The molecular weight excluding hydrogens is 476 g/mol. The number of aliphatic hydroxyl groups excluding tert-OH is 2. The second kappa shape index (κ2) is 12.6. The third-order valence-electron chi connectivity index (χ3n) is 5.35. The first-order valence-electron chi connectivity index (χ1n) is 11.0. The van der Waals surface area contributed by atoms with E-state index in [1.54, 1.807) is 6.20 Å². The number of carbonyl (C=O) groups is 5. The number of hydrogen-bond donors (Lipinski definition) is 9. The lowest BCUT2D eigenvalue weighted by Gasteiger charge is -2.25. The number of nitrogens with one attached hydrogen (secondary N) is 4. The molecule has 0 radical (unpaired) electrons. The molecule has 0 bridgehead atoms. The molecule has 5 atom stereocenters. The van der Waals surface area contributed by atoms with Crippen LogP contribution in [0.15, 0.2) is 30.5 Å². The van der Waals surface area contributed by atoms with Crippen molar-refractivity contribution in [2.45, 2.75) is 50.0 Å². The lowest BCUT2D eigenvalue weighted by molar-refractivity contribution is -0.144. The summed E-state index contributed by atoms with van der Waals surface area (Å²) in [5.74, 6) is -5.45. The summed E-state index contributed by atoms with van der Waals surface area (Å²) in [7, 11) is 0. The van der Waals surface area contributed by atoms with Gasteiger partial charge in [-0.2, -0.15) is 0 Å². The summed E-state index contributed by atoms with van der Waals surface area (Å²) in [5.41, 5.74) is 12.6. The van der Waals surface area contributed by atoms with E-state index in [1.165, 1.54) is 6.92 Å². The number of carbonyl (C=O) groups excluding carboxylic acids is 4. The van der Waals surface area contributed by atoms with Gasteiger partial charge in [0.1, 0.15) is 18.1 Å². The molecule has 36 heavy (non-hydrogen) atoms. The average molecular weight is 507 g/mol. The molecule has 1 aromatic carbocycles. The Morgan fingerprint density at radius 2 is 1.64 bits per heavy atom. The largest absolute Gasteiger partial charge is 0.480 e. The fourth-order valence-corrected chi connectivity index (χ4v) is 3.42. The molecule has 0 aliphatic heterocycles. The average Bonchev–Trinajstić information content (AvgIpc) is 3.22. The molecule has 0 spiro atoms. The van der Waals surface area contributed by atoms with Crippen molar-refractivity contribution >= 4 is 40.5 Å². The van der Waals surface area contributed by atoms with Gasteiger partial charge in [-0.05, 0) is 25.0 Å². The second-order valence-corrected chi connectivity index (χ2v) is 8.21. The van der Waals surface area contributed by atoms with Crippen LogP contribution in [0.3, 0.4) is 0 Å². The summed E-state index contributed by atoms with van der Waals surface area (Å²) in [5, 5.41) is 36.0. The number of amides is 4. The smallest absolute Gasteiger partial charge is 0.326 e. The van der Waals surface area contributed by atoms with Crippen molar-refractivity contribution in [1.29, 1.82) is 0 Å². The molecule has 2 rings (SSSR count).